The summed E-state index contributed by atoms with van der Waals surface area (Å²) in [7, 11) is -3.68. The number of fused-ring (bicyclic) bond motifs is 1. The molecule has 220 valence electrons. The summed E-state index contributed by atoms with van der Waals surface area (Å²) in [6.45, 7) is 0.785. The predicted molar refractivity (Wildman–Crippen MR) is 156 cm³/mol. The number of sulfonamides is 1. The van der Waals surface area contributed by atoms with Gasteiger partial charge in [0.15, 0.2) is 6.04 Å². The van der Waals surface area contributed by atoms with Crippen molar-refractivity contribution in [3.8, 4) is 0 Å². The van der Waals surface area contributed by atoms with Gasteiger partial charge in [0.2, 0.25) is 15.9 Å². The second kappa shape index (κ2) is 12.1. The number of furan rings is 1. The Morgan fingerprint density at radius 3 is 2.40 bits per heavy atom. The molecule has 1 unspecified atom stereocenters. The van der Waals surface area contributed by atoms with Gasteiger partial charge in [-0.3, -0.25) is 14.5 Å². The molecular weight excluding hydrogens is 556 g/mol. The number of rotatable bonds is 9. The van der Waals surface area contributed by atoms with Gasteiger partial charge < -0.3 is 9.73 Å². The molecule has 1 aliphatic heterocycles. The number of hydrogen-bond acceptors (Lipinski definition) is 7. The first-order valence-corrected chi connectivity index (χ1v) is 15.9. The molecule has 11 nitrogen and oxygen atoms in total. The molecule has 2 aromatic carbocycles. The van der Waals surface area contributed by atoms with Gasteiger partial charge in [-0.05, 0) is 74.2 Å². The number of hydrogen-bond donors (Lipinski definition) is 1. The van der Waals surface area contributed by atoms with Crippen LogP contribution in [0.25, 0.3) is 11.0 Å². The number of nitrogens with one attached hydrogen (secondary N) is 1. The van der Waals surface area contributed by atoms with Crippen molar-refractivity contribution in [1.29, 1.82) is 0 Å². The SMILES string of the molecule is O=C(NC1CCCC1)C(c1ccco1)N(C(=O)Cn1nnc2ccccc21)c1ccc(S(=O)(=O)N2CCCCC2)cc1. The molecule has 3 heterocycles. The van der Waals surface area contributed by atoms with Crippen LogP contribution >= 0.6 is 0 Å². The monoisotopic (exact) mass is 590 g/mol. The number of carbonyl (C=O) groups excluding carboxylic acids is 2. The molecule has 2 aliphatic rings. The van der Waals surface area contributed by atoms with Crippen LogP contribution in [-0.2, 0) is 26.2 Å². The first-order chi connectivity index (χ1) is 20.4. The van der Waals surface area contributed by atoms with Crippen LogP contribution in [-0.4, -0.2) is 58.7 Å². The van der Waals surface area contributed by atoms with Gasteiger partial charge in [0.25, 0.3) is 5.91 Å². The van der Waals surface area contributed by atoms with Crippen molar-refractivity contribution < 1.29 is 22.4 Å². The molecule has 42 heavy (non-hydrogen) atoms. The van der Waals surface area contributed by atoms with E-state index in [1.54, 1.807) is 24.3 Å². The van der Waals surface area contributed by atoms with Crippen molar-refractivity contribution in [2.45, 2.75) is 68.5 Å². The zero-order valence-electron chi connectivity index (χ0n) is 23.3. The molecule has 6 rings (SSSR count). The molecule has 1 atom stereocenters. The average molecular weight is 591 g/mol. The van der Waals surface area contributed by atoms with Gasteiger partial charge in [0, 0.05) is 24.8 Å². The number of aromatic nitrogens is 3. The Labute approximate surface area is 244 Å². The number of amides is 2. The second-order valence-electron chi connectivity index (χ2n) is 10.9. The summed E-state index contributed by atoms with van der Waals surface area (Å²) >= 11 is 0. The number of carbonyl (C=O) groups is 2. The third-order valence-corrected chi connectivity index (χ3v) is 9.98. The molecule has 1 saturated carbocycles. The lowest BCUT2D eigenvalue weighted by Gasteiger charge is -2.31. The molecular formula is C30H34N6O5S. The van der Waals surface area contributed by atoms with Gasteiger partial charge in [0.1, 0.15) is 17.8 Å². The van der Waals surface area contributed by atoms with Gasteiger partial charge in [-0.1, -0.05) is 36.6 Å². The third-order valence-electron chi connectivity index (χ3n) is 8.06. The summed E-state index contributed by atoms with van der Waals surface area (Å²) in [5.74, 6) is -0.494. The Bertz CT molecular complexity index is 1640. The van der Waals surface area contributed by atoms with Crippen LogP contribution in [0.1, 0.15) is 56.7 Å². The van der Waals surface area contributed by atoms with E-state index in [4.69, 9.17) is 4.42 Å². The van der Waals surface area contributed by atoms with Crippen molar-refractivity contribution in [3.63, 3.8) is 0 Å². The fraction of sp³-hybridized carbons (Fsp3) is 0.400. The smallest absolute Gasteiger partial charge is 0.251 e. The Balaban J connectivity index is 1.37. The van der Waals surface area contributed by atoms with E-state index in [-0.39, 0.29) is 23.4 Å². The van der Waals surface area contributed by atoms with Crippen molar-refractivity contribution in [2.24, 2.45) is 0 Å². The van der Waals surface area contributed by atoms with Gasteiger partial charge >= 0.3 is 0 Å². The minimum atomic E-state index is -3.68. The second-order valence-corrected chi connectivity index (χ2v) is 12.8. The van der Waals surface area contributed by atoms with Crippen molar-refractivity contribution in [2.75, 3.05) is 18.0 Å². The lowest BCUT2D eigenvalue weighted by atomic mass is 10.1. The van der Waals surface area contributed by atoms with Crippen molar-refractivity contribution in [1.82, 2.24) is 24.6 Å². The maximum absolute atomic E-state index is 14.2. The first-order valence-electron chi connectivity index (χ1n) is 14.5. The fourth-order valence-electron chi connectivity index (χ4n) is 5.88. The standard InChI is InChI=1S/C30H34N6O5S/c37-28(21-35-26-12-5-4-11-25(26)32-33-35)36(29(27-13-8-20-41-27)30(38)31-22-9-2-3-10-22)23-14-16-24(17-15-23)42(39,40)34-18-6-1-7-19-34/h4-5,8,11-17,20,22,29H,1-3,6-7,9-10,18-19,21H2,(H,31,38). The molecule has 0 radical (unpaired) electrons. The minimum Gasteiger partial charge on any atom is -0.467 e. The maximum Gasteiger partial charge on any atom is 0.251 e. The van der Waals surface area contributed by atoms with Gasteiger partial charge in [-0.2, -0.15) is 4.31 Å². The molecule has 4 aromatic rings. The van der Waals surface area contributed by atoms with E-state index in [9.17, 15) is 18.0 Å². The Hall–Kier alpha value is -4.03. The largest absolute Gasteiger partial charge is 0.467 e. The van der Waals surface area contributed by atoms with Crippen molar-refractivity contribution >= 4 is 38.6 Å². The minimum absolute atomic E-state index is 0.0169. The summed E-state index contributed by atoms with van der Waals surface area (Å²) in [5, 5.41) is 11.4. The van der Waals surface area contributed by atoms with E-state index in [0.717, 1.165) is 44.9 Å². The highest BCUT2D eigenvalue weighted by Crippen LogP contribution is 2.32. The normalized spacial score (nSPS) is 17.3. The summed E-state index contributed by atoms with van der Waals surface area (Å²) in [6, 6.07) is 15.7. The van der Waals surface area contributed by atoms with E-state index < -0.39 is 22.0 Å². The summed E-state index contributed by atoms with van der Waals surface area (Å²) < 4.78 is 35.3. The van der Waals surface area contributed by atoms with Crippen LogP contribution in [0.5, 0.6) is 0 Å². The molecule has 2 fully saturated rings. The van der Waals surface area contributed by atoms with Crippen LogP contribution in [0.2, 0.25) is 0 Å². The van der Waals surface area contributed by atoms with E-state index in [0.29, 0.717) is 35.6 Å². The predicted octanol–water partition coefficient (Wildman–Crippen LogP) is 4.03. The number of anilines is 1. The number of para-hydroxylation sites is 1. The lowest BCUT2D eigenvalue weighted by molar-refractivity contribution is -0.127. The van der Waals surface area contributed by atoms with Crippen LogP contribution in [0.4, 0.5) is 5.69 Å². The summed E-state index contributed by atoms with van der Waals surface area (Å²) in [5.41, 5.74) is 1.69. The maximum atomic E-state index is 14.2. The van der Waals surface area contributed by atoms with Crippen LogP contribution in [0, 0.1) is 0 Å². The van der Waals surface area contributed by atoms with Crippen molar-refractivity contribution in [3.05, 3.63) is 72.7 Å². The highest BCUT2D eigenvalue weighted by atomic mass is 32.2. The third kappa shape index (κ3) is 5.68. The zero-order valence-corrected chi connectivity index (χ0v) is 24.1. The Morgan fingerprint density at radius 2 is 1.69 bits per heavy atom. The number of nitrogens with zero attached hydrogens (tertiary/aromatic N) is 5. The molecule has 1 saturated heterocycles. The van der Waals surface area contributed by atoms with Gasteiger partial charge in [0.05, 0.1) is 16.7 Å². The topological polar surface area (TPSA) is 131 Å². The van der Waals surface area contributed by atoms with Crippen LogP contribution < -0.4 is 10.2 Å². The van der Waals surface area contributed by atoms with E-state index in [1.807, 2.05) is 24.3 Å². The summed E-state index contributed by atoms with van der Waals surface area (Å²) in [4.78, 5) is 29.5. The Morgan fingerprint density at radius 1 is 0.952 bits per heavy atom. The molecule has 2 aromatic heterocycles. The molecule has 12 heteroatoms. The number of benzene rings is 2. The molecule has 0 spiro atoms. The zero-order chi connectivity index (χ0) is 29.1. The molecule has 1 N–H and O–H groups in total. The number of piperidine rings is 1. The lowest BCUT2D eigenvalue weighted by Crippen LogP contribution is -2.47. The molecule has 2 amide bonds. The average Bonchev–Trinajstić information content (AvgIpc) is 3.80. The molecule has 1 aliphatic carbocycles. The van der Waals surface area contributed by atoms with Gasteiger partial charge in [-0.15, -0.1) is 5.10 Å². The highest BCUT2D eigenvalue weighted by molar-refractivity contribution is 7.89. The van der Waals surface area contributed by atoms with Gasteiger partial charge in [-0.25, -0.2) is 13.1 Å². The quantitative estimate of drug-likeness (QED) is 0.311. The Kier molecular flexibility index (Phi) is 8.07. The van der Waals surface area contributed by atoms with E-state index in [2.05, 4.69) is 15.6 Å². The van der Waals surface area contributed by atoms with E-state index >= 15 is 0 Å². The van der Waals surface area contributed by atoms with Crippen LogP contribution in [0.15, 0.2) is 76.2 Å². The van der Waals surface area contributed by atoms with Crippen LogP contribution in [0.3, 0.4) is 0 Å². The first kappa shape index (κ1) is 28.1. The fourth-order valence-corrected chi connectivity index (χ4v) is 7.40. The van der Waals surface area contributed by atoms with E-state index in [1.165, 1.54) is 32.3 Å². The molecule has 0 bridgehead atoms. The highest BCUT2D eigenvalue weighted by Gasteiger charge is 2.37. The summed E-state index contributed by atoms with van der Waals surface area (Å²) in [6.07, 6.45) is 7.95.